The fraction of sp³-hybridized carbons (Fsp3) is 0.556. The molecule has 114 valence electrons. The highest BCUT2D eigenvalue weighted by molar-refractivity contribution is 5.97. The normalized spacial score (nSPS) is 38.0. The molecule has 1 fully saturated rings. The van der Waals surface area contributed by atoms with Crippen molar-refractivity contribution >= 4 is 11.8 Å². The number of carbonyl (C=O) groups excluding carboxylic acids is 2. The number of esters is 1. The minimum absolute atomic E-state index is 0.110. The van der Waals surface area contributed by atoms with Crippen LogP contribution >= 0.6 is 0 Å². The van der Waals surface area contributed by atoms with Crippen LogP contribution in [0.1, 0.15) is 34.1 Å². The summed E-state index contributed by atoms with van der Waals surface area (Å²) in [5, 5.41) is 0. The summed E-state index contributed by atoms with van der Waals surface area (Å²) in [6.07, 6.45) is 8.18. The molecular formula is C18H24O3. The number of allylic oxidation sites excluding steroid dienone is 4. The summed E-state index contributed by atoms with van der Waals surface area (Å²) in [4.78, 5) is 24.6. The number of carbonyl (C=O) groups is 2. The van der Waals surface area contributed by atoms with Gasteiger partial charge in [0.25, 0.3) is 0 Å². The van der Waals surface area contributed by atoms with E-state index in [4.69, 9.17) is 4.74 Å². The maximum Gasteiger partial charge on any atom is 0.330 e. The fourth-order valence-electron chi connectivity index (χ4n) is 3.78. The molecule has 3 rings (SSSR count). The minimum atomic E-state index is -0.637. The van der Waals surface area contributed by atoms with Gasteiger partial charge in [-0.3, -0.25) is 4.79 Å². The molecular weight excluding hydrogens is 264 g/mol. The van der Waals surface area contributed by atoms with E-state index < -0.39 is 16.8 Å². The SMILES string of the molecule is C=C(C)[C@H]1C[C@H]2C=C[C@]1(C)C(=O)[C@]2(C)/C=C/C(=O)OCC. The molecule has 0 spiro atoms. The van der Waals surface area contributed by atoms with Gasteiger partial charge in [-0.2, -0.15) is 0 Å². The molecule has 3 aliphatic carbocycles. The van der Waals surface area contributed by atoms with E-state index in [1.54, 1.807) is 13.0 Å². The van der Waals surface area contributed by atoms with E-state index in [9.17, 15) is 9.59 Å². The summed E-state index contributed by atoms with van der Waals surface area (Å²) < 4.78 is 4.91. The van der Waals surface area contributed by atoms with Gasteiger partial charge in [-0.15, -0.1) is 0 Å². The Hall–Kier alpha value is -1.64. The van der Waals surface area contributed by atoms with Crippen molar-refractivity contribution in [1.82, 2.24) is 0 Å². The topological polar surface area (TPSA) is 43.4 Å². The molecule has 0 aromatic heterocycles. The molecule has 0 N–H and O–H groups in total. The van der Waals surface area contributed by atoms with Crippen LogP contribution < -0.4 is 0 Å². The monoisotopic (exact) mass is 288 g/mol. The molecule has 0 amide bonds. The molecule has 0 heterocycles. The van der Waals surface area contributed by atoms with Crippen molar-refractivity contribution < 1.29 is 14.3 Å². The van der Waals surface area contributed by atoms with Crippen LogP contribution in [0.15, 0.2) is 36.5 Å². The van der Waals surface area contributed by atoms with E-state index in [1.807, 2.05) is 26.8 Å². The Morgan fingerprint density at radius 1 is 1.52 bits per heavy atom. The zero-order valence-corrected chi connectivity index (χ0v) is 13.3. The number of ketones is 1. The third kappa shape index (κ3) is 2.39. The van der Waals surface area contributed by atoms with Crippen molar-refractivity contribution in [1.29, 1.82) is 0 Å². The zero-order chi connectivity index (χ0) is 15.8. The number of hydrogen-bond acceptors (Lipinski definition) is 3. The maximum atomic E-state index is 13.0. The van der Waals surface area contributed by atoms with Gasteiger partial charge in [-0.1, -0.05) is 30.4 Å². The van der Waals surface area contributed by atoms with Gasteiger partial charge in [-0.05, 0) is 46.0 Å². The van der Waals surface area contributed by atoms with Crippen LogP contribution in [-0.4, -0.2) is 18.4 Å². The number of hydrogen-bond donors (Lipinski definition) is 0. The Balaban J connectivity index is 2.33. The van der Waals surface area contributed by atoms with Gasteiger partial charge in [0.05, 0.1) is 17.4 Å². The summed E-state index contributed by atoms with van der Waals surface area (Å²) in [6, 6.07) is 0. The number of rotatable bonds is 4. The number of ether oxygens (including phenoxy) is 1. The van der Waals surface area contributed by atoms with Crippen LogP contribution in [0.2, 0.25) is 0 Å². The number of fused-ring (bicyclic) bond motifs is 2. The van der Waals surface area contributed by atoms with Crippen molar-refractivity contribution in [3.05, 3.63) is 36.5 Å². The highest BCUT2D eigenvalue weighted by atomic mass is 16.5. The first-order valence-electron chi connectivity index (χ1n) is 7.51. The predicted octanol–water partition coefficient (Wildman–Crippen LogP) is 3.47. The van der Waals surface area contributed by atoms with Crippen LogP contribution in [0.3, 0.4) is 0 Å². The molecule has 0 aliphatic heterocycles. The lowest BCUT2D eigenvalue weighted by Gasteiger charge is -2.53. The Morgan fingerprint density at radius 3 is 2.76 bits per heavy atom. The first-order chi connectivity index (χ1) is 9.75. The van der Waals surface area contributed by atoms with E-state index in [2.05, 4.69) is 12.7 Å². The highest BCUT2D eigenvalue weighted by Crippen LogP contribution is 2.57. The summed E-state index contributed by atoms with van der Waals surface area (Å²) in [5.41, 5.74) is -0.104. The van der Waals surface area contributed by atoms with E-state index in [0.29, 0.717) is 6.61 Å². The van der Waals surface area contributed by atoms with Gasteiger partial charge in [0.2, 0.25) is 0 Å². The van der Waals surface area contributed by atoms with Crippen molar-refractivity contribution in [3.63, 3.8) is 0 Å². The first-order valence-corrected chi connectivity index (χ1v) is 7.51. The van der Waals surface area contributed by atoms with E-state index in [-0.39, 0.29) is 17.6 Å². The van der Waals surface area contributed by atoms with E-state index in [0.717, 1.165) is 12.0 Å². The van der Waals surface area contributed by atoms with Gasteiger partial charge in [0, 0.05) is 6.08 Å². The lowest BCUT2D eigenvalue weighted by atomic mass is 9.48. The highest BCUT2D eigenvalue weighted by Gasteiger charge is 2.57. The Morgan fingerprint density at radius 2 is 2.19 bits per heavy atom. The minimum Gasteiger partial charge on any atom is -0.463 e. The lowest BCUT2D eigenvalue weighted by molar-refractivity contribution is -0.142. The van der Waals surface area contributed by atoms with Gasteiger partial charge in [0.1, 0.15) is 0 Å². The van der Waals surface area contributed by atoms with Crippen molar-refractivity contribution in [2.75, 3.05) is 6.61 Å². The average molecular weight is 288 g/mol. The largest absolute Gasteiger partial charge is 0.463 e. The molecule has 4 atom stereocenters. The summed E-state index contributed by atoms with van der Waals surface area (Å²) in [6.45, 7) is 12.0. The second kappa shape index (κ2) is 5.28. The van der Waals surface area contributed by atoms with Crippen LogP contribution in [0.4, 0.5) is 0 Å². The molecule has 21 heavy (non-hydrogen) atoms. The fourth-order valence-corrected chi connectivity index (χ4v) is 3.78. The molecule has 0 aromatic carbocycles. The molecule has 3 aliphatic rings. The Labute approximate surface area is 126 Å². The van der Waals surface area contributed by atoms with Crippen molar-refractivity contribution in [3.8, 4) is 0 Å². The number of Topliss-reactive ketones (excluding diaryl/α,β-unsaturated/α-hetero) is 1. The lowest BCUT2D eigenvalue weighted by Crippen LogP contribution is -2.55. The zero-order valence-electron chi connectivity index (χ0n) is 13.3. The van der Waals surface area contributed by atoms with Crippen molar-refractivity contribution in [2.45, 2.75) is 34.1 Å². The van der Waals surface area contributed by atoms with Gasteiger partial charge in [-0.25, -0.2) is 4.79 Å². The molecule has 0 aromatic rings. The van der Waals surface area contributed by atoms with Crippen LogP contribution in [0.25, 0.3) is 0 Å². The van der Waals surface area contributed by atoms with E-state index >= 15 is 0 Å². The summed E-state index contributed by atoms with van der Waals surface area (Å²) >= 11 is 0. The molecule has 0 unspecified atom stereocenters. The van der Waals surface area contributed by atoms with Crippen LogP contribution in [-0.2, 0) is 14.3 Å². The second-order valence-corrected chi connectivity index (χ2v) is 6.58. The van der Waals surface area contributed by atoms with Crippen molar-refractivity contribution in [2.24, 2.45) is 22.7 Å². The Bertz CT molecular complexity index is 543. The third-order valence-electron chi connectivity index (χ3n) is 5.08. The maximum absolute atomic E-state index is 13.0. The predicted molar refractivity (Wildman–Crippen MR) is 82.5 cm³/mol. The standard InChI is InChI=1S/C18H24O3/c1-6-21-15(19)8-10-17(4)13-7-9-18(5,16(17)20)14(11-13)12(2)3/h7-10,13-14H,2,6,11H2,1,3-5H3/b10-8+/t13-,14-,17-,18+/m1/s1. The molecule has 3 heteroatoms. The van der Waals surface area contributed by atoms with Gasteiger partial charge < -0.3 is 4.74 Å². The molecule has 0 radical (unpaired) electrons. The first kappa shape index (κ1) is 15.7. The average Bonchev–Trinajstić information content (AvgIpc) is 2.43. The van der Waals surface area contributed by atoms with E-state index in [1.165, 1.54) is 6.08 Å². The summed E-state index contributed by atoms with van der Waals surface area (Å²) in [7, 11) is 0. The van der Waals surface area contributed by atoms with Gasteiger partial charge in [0.15, 0.2) is 5.78 Å². The van der Waals surface area contributed by atoms with Crippen LogP contribution in [0.5, 0.6) is 0 Å². The molecule has 0 saturated heterocycles. The molecule has 3 nitrogen and oxygen atoms in total. The quantitative estimate of drug-likeness (QED) is 0.452. The summed E-state index contributed by atoms with van der Waals surface area (Å²) in [5.74, 6) is 0.0733. The third-order valence-corrected chi connectivity index (χ3v) is 5.08. The molecule has 2 bridgehead atoms. The van der Waals surface area contributed by atoms with Crippen LogP contribution in [0, 0.1) is 22.7 Å². The van der Waals surface area contributed by atoms with Gasteiger partial charge >= 0.3 is 5.97 Å². The molecule has 1 saturated carbocycles. The smallest absolute Gasteiger partial charge is 0.330 e. The Kier molecular flexibility index (Phi) is 3.96. The second-order valence-electron chi connectivity index (χ2n) is 6.58.